The lowest BCUT2D eigenvalue weighted by molar-refractivity contribution is -0.834. The average Bonchev–Trinajstić information content (AvgIpc) is 2.56. The van der Waals surface area contributed by atoms with Crippen molar-refractivity contribution in [3.05, 3.63) is 0 Å². The molecule has 1 unspecified atom stereocenters. The molecule has 1 rings (SSSR count). The van der Waals surface area contributed by atoms with Crippen molar-refractivity contribution in [3.8, 4) is 0 Å². The Morgan fingerprint density at radius 1 is 1.23 bits per heavy atom. The molecule has 76 valence electrons. The number of hydrogen-bond acceptors (Lipinski definition) is 1. The summed E-state index contributed by atoms with van der Waals surface area (Å²) in [6.45, 7) is 12.7. The smallest absolute Gasteiger partial charge is 0.198 e. The molecule has 0 saturated heterocycles. The first-order valence-corrected chi connectivity index (χ1v) is 5.65. The molecule has 1 aliphatic heterocycles. The maximum Gasteiger partial charge on any atom is 0.198 e. The normalized spacial score (nSPS) is 26.2. The highest BCUT2D eigenvalue weighted by Gasteiger charge is 2.38. The van der Waals surface area contributed by atoms with Gasteiger partial charge in [0.15, 0.2) is 5.84 Å². The van der Waals surface area contributed by atoms with Crippen molar-refractivity contribution in [3.63, 3.8) is 0 Å². The molecule has 0 bridgehead atoms. The quantitative estimate of drug-likeness (QED) is 0.594. The minimum absolute atomic E-state index is 0.592. The summed E-state index contributed by atoms with van der Waals surface area (Å²) in [5.41, 5.74) is 0. The topological polar surface area (TPSA) is 12.4 Å². The molecule has 2 nitrogen and oxygen atoms in total. The summed E-state index contributed by atoms with van der Waals surface area (Å²) in [6.07, 6.45) is 2.32. The van der Waals surface area contributed by atoms with Gasteiger partial charge in [-0.25, -0.2) is 4.99 Å². The van der Waals surface area contributed by atoms with Crippen molar-refractivity contribution in [1.29, 1.82) is 0 Å². The lowest BCUT2D eigenvalue weighted by Crippen LogP contribution is -2.51. The van der Waals surface area contributed by atoms with Crippen molar-refractivity contribution >= 4 is 5.84 Å². The fourth-order valence-corrected chi connectivity index (χ4v) is 2.38. The van der Waals surface area contributed by atoms with Crippen LogP contribution < -0.4 is 0 Å². The first-order chi connectivity index (χ1) is 6.22. The standard InChI is InChI=1S/C11H23N2/c1-5-10-9-13(7-3,8-4)11(6-2)12-10/h10H,5-9H2,1-4H3/q+1. The first kappa shape index (κ1) is 10.7. The van der Waals surface area contributed by atoms with Gasteiger partial charge in [-0.15, -0.1) is 0 Å². The van der Waals surface area contributed by atoms with Crippen LogP contribution in [0, 0.1) is 0 Å². The molecule has 0 saturated carbocycles. The van der Waals surface area contributed by atoms with Crippen molar-refractivity contribution in [2.75, 3.05) is 19.6 Å². The highest BCUT2D eigenvalue weighted by Crippen LogP contribution is 2.22. The molecule has 13 heavy (non-hydrogen) atoms. The number of amidine groups is 1. The molecule has 1 aliphatic rings. The van der Waals surface area contributed by atoms with E-state index in [2.05, 4.69) is 27.7 Å². The van der Waals surface area contributed by atoms with E-state index in [4.69, 9.17) is 4.99 Å². The molecule has 2 heteroatoms. The third kappa shape index (κ3) is 1.78. The van der Waals surface area contributed by atoms with Gasteiger partial charge in [0.25, 0.3) is 0 Å². The number of hydrogen-bond donors (Lipinski definition) is 0. The second-order valence-corrected chi connectivity index (χ2v) is 3.92. The molecule has 0 aromatic rings. The first-order valence-electron chi connectivity index (χ1n) is 5.65. The number of rotatable bonds is 4. The third-order valence-corrected chi connectivity index (χ3v) is 3.44. The number of aliphatic imine (C=N–C) groups is 1. The fraction of sp³-hybridized carbons (Fsp3) is 0.909. The molecule has 1 atom stereocenters. The summed E-state index contributed by atoms with van der Waals surface area (Å²) >= 11 is 0. The van der Waals surface area contributed by atoms with Crippen LogP contribution in [-0.2, 0) is 0 Å². The number of quaternary nitrogens is 1. The minimum Gasteiger partial charge on any atom is -0.277 e. The highest BCUT2D eigenvalue weighted by atomic mass is 15.4. The Balaban J connectivity index is 2.83. The lowest BCUT2D eigenvalue weighted by atomic mass is 10.2. The summed E-state index contributed by atoms with van der Waals surface area (Å²) in [5.74, 6) is 1.43. The lowest BCUT2D eigenvalue weighted by Gasteiger charge is -2.32. The van der Waals surface area contributed by atoms with E-state index in [9.17, 15) is 0 Å². The van der Waals surface area contributed by atoms with E-state index in [1.807, 2.05) is 0 Å². The zero-order valence-corrected chi connectivity index (χ0v) is 9.51. The van der Waals surface area contributed by atoms with Crippen LogP contribution in [0.15, 0.2) is 4.99 Å². The van der Waals surface area contributed by atoms with E-state index in [0.717, 1.165) is 10.9 Å². The van der Waals surface area contributed by atoms with Gasteiger partial charge >= 0.3 is 0 Å². The van der Waals surface area contributed by atoms with E-state index < -0.39 is 0 Å². The van der Waals surface area contributed by atoms with Gasteiger partial charge in [0, 0.05) is 6.42 Å². The predicted molar refractivity (Wildman–Crippen MR) is 58.0 cm³/mol. The molecular formula is C11H23N2+. The SMILES string of the molecule is CCC1=NC(CC)C[N+]1(CC)CC. The van der Waals surface area contributed by atoms with Crippen LogP contribution in [0.2, 0.25) is 0 Å². The number of nitrogens with zero attached hydrogens (tertiary/aromatic N) is 2. The summed E-state index contributed by atoms with van der Waals surface area (Å²) in [6, 6.07) is 0.592. The van der Waals surface area contributed by atoms with Gasteiger partial charge in [0.1, 0.15) is 12.6 Å². The summed E-state index contributed by atoms with van der Waals surface area (Å²) in [4.78, 5) is 4.81. The van der Waals surface area contributed by atoms with Crippen LogP contribution in [-0.4, -0.2) is 36.0 Å². The third-order valence-electron chi connectivity index (χ3n) is 3.44. The van der Waals surface area contributed by atoms with Gasteiger partial charge in [-0.2, -0.15) is 0 Å². The Morgan fingerprint density at radius 2 is 1.85 bits per heavy atom. The van der Waals surface area contributed by atoms with Gasteiger partial charge in [-0.05, 0) is 20.3 Å². The fourth-order valence-electron chi connectivity index (χ4n) is 2.38. The average molecular weight is 183 g/mol. The van der Waals surface area contributed by atoms with Gasteiger partial charge in [-0.1, -0.05) is 13.8 Å². The van der Waals surface area contributed by atoms with Crippen LogP contribution in [0.1, 0.15) is 40.5 Å². The monoisotopic (exact) mass is 183 g/mol. The number of likely N-dealkylation sites (N-methyl/N-ethyl adjacent to an activating group) is 1. The van der Waals surface area contributed by atoms with Crippen molar-refractivity contribution in [2.24, 2.45) is 4.99 Å². The van der Waals surface area contributed by atoms with E-state index in [0.29, 0.717) is 6.04 Å². The van der Waals surface area contributed by atoms with Crippen LogP contribution >= 0.6 is 0 Å². The maximum absolute atomic E-state index is 4.81. The van der Waals surface area contributed by atoms with E-state index in [1.165, 1.54) is 31.9 Å². The Morgan fingerprint density at radius 3 is 2.15 bits per heavy atom. The molecule has 0 radical (unpaired) electrons. The van der Waals surface area contributed by atoms with Crippen LogP contribution in [0.5, 0.6) is 0 Å². The Labute approximate surface area is 82.2 Å². The molecular weight excluding hydrogens is 160 g/mol. The molecule has 0 N–H and O–H groups in total. The Hall–Kier alpha value is -0.370. The summed E-state index contributed by atoms with van der Waals surface area (Å²) in [5, 5.41) is 0. The van der Waals surface area contributed by atoms with Crippen LogP contribution in [0.25, 0.3) is 0 Å². The summed E-state index contributed by atoms with van der Waals surface area (Å²) in [7, 11) is 0. The predicted octanol–water partition coefficient (Wildman–Crippen LogP) is 2.44. The molecule has 0 amide bonds. The van der Waals surface area contributed by atoms with Crippen molar-refractivity contribution < 1.29 is 4.48 Å². The Bertz CT molecular complexity index is 192. The van der Waals surface area contributed by atoms with Gasteiger partial charge in [-0.3, -0.25) is 4.48 Å². The second kappa shape index (κ2) is 4.23. The maximum atomic E-state index is 4.81. The Kier molecular flexibility index (Phi) is 3.48. The van der Waals surface area contributed by atoms with E-state index in [1.54, 1.807) is 0 Å². The largest absolute Gasteiger partial charge is 0.277 e. The van der Waals surface area contributed by atoms with Crippen LogP contribution in [0.3, 0.4) is 0 Å². The molecule has 0 fully saturated rings. The molecule has 0 aromatic heterocycles. The molecule has 1 heterocycles. The molecule has 0 aliphatic carbocycles. The van der Waals surface area contributed by atoms with E-state index >= 15 is 0 Å². The van der Waals surface area contributed by atoms with Crippen molar-refractivity contribution in [2.45, 2.75) is 46.6 Å². The van der Waals surface area contributed by atoms with Gasteiger partial charge in [0.05, 0.1) is 13.1 Å². The van der Waals surface area contributed by atoms with Gasteiger partial charge in [0.2, 0.25) is 0 Å². The molecule has 0 spiro atoms. The van der Waals surface area contributed by atoms with Crippen LogP contribution in [0.4, 0.5) is 0 Å². The second-order valence-electron chi connectivity index (χ2n) is 3.92. The van der Waals surface area contributed by atoms with Gasteiger partial charge < -0.3 is 0 Å². The van der Waals surface area contributed by atoms with Crippen molar-refractivity contribution in [1.82, 2.24) is 0 Å². The zero-order valence-electron chi connectivity index (χ0n) is 9.51. The zero-order chi connectivity index (χ0) is 9.90. The van der Waals surface area contributed by atoms with E-state index in [-0.39, 0.29) is 0 Å². The highest BCUT2D eigenvalue weighted by molar-refractivity contribution is 5.76. The minimum atomic E-state index is 0.592. The summed E-state index contributed by atoms with van der Waals surface area (Å²) < 4.78 is 1.15. The molecule has 0 aromatic carbocycles.